The van der Waals surface area contributed by atoms with Crippen LogP contribution in [0.3, 0.4) is 0 Å². The van der Waals surface area contributed by atoms with Crippen molar-refractivity contribution < 1.29 is 9.59 Å². The minimum atomic E-state index is -0.239. The Hall–Kier alpha value is -2.33. The van der Waals surface area contributed by atoms with Crippen LogP contribution in [-0.2, 0) is 16.0 Å². The largest absolute Gasteiger partial charge is 0.356 e. The van der Waals surface area contributed by atoms with E-state index in [4.69, 9.17) is 11.6 Å². The quantitative estimate of drug-likeness (QED) is 0.846. The number of amides is 2. The fourth-order valence-electron chi connectivity index (χ4n) is 2.65. The summed E-state index contributed by atoms with van der Waals surface area (Å²) >= 11 is 5.81. The monoisotopic (exact) mass is 342 g/mol. The van der Waals surface area contributed by atoms with Gasteiger partial charge in [0.25, 0.3) is 0 Å². The summed E-state index contributed by atoms with van der Waals surface area (Å²) < 4.78 is 0. The number of nitrogens with one attached hydrogen (secondary N) is 2. The fraction of sp³-hybridized carbons (Fsp3) is 0.263. The lowest BCUT2D eigenvalue weighted by Crippen LogP contribution is -2.29. The van der Waals surface area contributed by atoms with E-state index < -0.39 is 0 Å². The molecule has 1 aliphatic carbocycles. The van der Waals surface area contributed by atoms with Crippen LogP contribution in [0, 0.1) is 11.8 Å². The normalized spacial score (nSPS) is 18.7. The first-order chi connectivity index (χ1) is 11.6. The van der Waals surface area contributed by atoms with Crippen LogP contribution >= 0.6 is 11.6 Å². The molecule has 1 fully saturated rings. The Morgan fingerprint density at radius 3 is 2.33 bits per heavy atom. The topological polar surface area (TPSA) is 58.2 Å². The van der Waals surface area contributed by atoms with Crippen LogP contribution in [0.2, 0.25) is 5.02 Å². The molecule has 3 rings (SSSR count). The van der Waals surface area contributed by atoms with Crippen LogP contribution < -0.4 is 10.6 Å². The van der Waals surface area contributed by atoms with E-state index in [-0.39, 0.29) is 23.7 Å². The number of rotatable bonds is 6. The number of anilines is 1. The Balaban J connectivity index is 1.41. The Morgan fingerprint density at radius 2 is 1.62 bits per heavy atom. The highest BCUT2D eigenvalue weighted by atomic mass is 35.5. The summed E-state index contributed by atoms with van der Waals surface area (Å²) in [6.45, 7) is 0.588. The van der Waals surface area contributed by atoms with Gasteiger partial charge in [-0.25, -0.2) is 0 Å². The van der Waals surface area contributed by atoms with Crippen LogP contribution in [0.1, 0.15) is 12.0 Å². The predicted molar refractivity (Wildman–Crippen MR) is 94.8 cm³/mol. The summed E-state index contributed by atoms with van der Waals surface area (Å²) in [5.41, 5.74) is 1.88. The molecule has 2 unspecified atom stereocenters. The summed E-state index contributed by atoms with van der Waals surface area (Å²) in [6, 6.07) is 16.9. The van der Waals surface area contributed by atoms with Gasteiger partial charge in [-0.05, 0) is 42.7 Å². The van der Waals surface area contributed by atoms with Crippen molar-refractivity contribution in [3.05, 3.63) is 65.2 Å². The molecule has 0 radical (unpaired) electrons. The highest BCUT2D eigenvalue weighted by Crippen LogP contribution is 2.39. The van der Waals surface area contributed by atoms with Crippen molar-refractivity contribution in [1.29, 1.82) is 0 Å². The standard InChI is InChI=1S/C19H19ClN2O2/c20-14-6-8-15(9-7-14)22-19(24)17-12-16(17)18(23)21-11-10-13-4-2-1-3-5-13/h1-9,16-17H,10-12H2,(H,21,23)(H,22,24). The molecule has 0 aromatic heterocycles. The van der Waals surface area contributed by atoms with Crippen LogP contribution in [0.15, 0.2) is 54.6 Å². The van der Waals surface area contributed by atoms with Crippen LogP contribution in [0.5, 0.6) is 0 Å². The van der Waals surface area contributed by atoms with Crippen molar-refractivity contribution >= 4 is 29.1 Å². The van der Waals surface area contributed by atoms with E-state index in [1.54, 1.807) is 24.3 Å². The molecule has 0 heterocycles. The van der Waals surface area contributed by atoms with Crippen molar-refractivity contribution in [1.82, 2.24) is 5.32 Å². The van der Waals surface area contributed by atoms with Crippen molar-refractivity contribution in [3.8, 4) is 0 Å². The van der Waals surface area contributed by atoms with Crippen LogP contribution in [0.4, 0.5) is 5.69 Å². The molecule has 24 heavy (non-hydrogen) atoms. The minimum Gasteiger partial charge on any atom is -0.356 e. The molecule has 2 N–H and O–H groups in total. The molecule has 1 aliphatic rings. The van der Waals surface area contributed by atoms with Gasteiger partial charge in [0.1, 0.15) is 0 Å². The lowest BCUT2D eigenvalue weighted by Gasteiger charge is -2.06. The van der Waals surface area contributed by atoms with Crippen molar-refractivity contribution in [2.75, 3.05) is 11.9 Å². The number of carbonyl (C=O) groups is 2. The van der Waals surface area contributed by atoms with Gasteiger partial charge in [-0.1, -0.05) is 41.9 Å². The molecule has 124 valence electrons. The average molecular weight is 343 g/mol. The summed E-state index contributed by atoms with van der Waals surface area (Å²) in [5, 5.41) is 6.35. The van der Waals surface area contributed by atoms with Crippen LogP contribution in [-0.4, -0.2) is 18.4 Å². The third kappa shape index (κ3) is 4.36. The van der Waals surface area contributed by atoms with Gasteiger partial charge in [0.2, 0.25) is 11.8 Å². The van der Waals surface area contributed by atoms with Gasteiger partial charge in [0, 0.05) is 17.3 Å². The highest BCUT2D eigenvalue weighted by molar-refractivity contribution is 6.30. The first-order valence-corrected chi connectivity index (χ1v) is 8.39. The minimum absolute atomic E-state index is 0.0396. The molecular weight excluding hydrogens is 324 g/mol. The zero-order chi connectivity index (χ0) is 16.9. The van der Waals surface area contributed by atoms with Crippen molar-refractivity contribution in [2.45, 2.75) is 12.8 Å². The summed E-state index contributed by atoms with van der Waals surface area (Å²) in [7, 11) is 0. The highest BCUT2D eigenvalue weighted by Gasteiger charge is 2.47. The molecule has 0 aliphatic heterocycles. The Kier molecular flexibility index (Phi) is 5.16. The van der Waals surface area contributed by atoms with Crippen molar-refractivity contribution in [3.63, 3.8) is 0 Å². The van der Waals surface area contributed by atoms with E-state index in [1.165, 1.54) is 5.56 Å². The molecule has 0 saturated heterocycles. The Bertz CT molecular complexity index is 716. The Labute approximate surface area is 146 Å². The van der Waals surface area contributed by atoms with E-state index in [0.717, 1.165) is 6.42 Å². The van der Waals surface area contributed by atoms with Gasteiger partial charge in [-0.3, -0.25) is 9.59 Å². The first kappa shape index (κ1) is 16.5. The maximum atomic E-state index is 12.1. The zero-order valence-corrected chi connectivity index (χ0v) is 13.9. The maximum absolute atomic E-state index is 12.1. The van der Waals surface area contributed by atoms with Gasteiger partial charge < -0.3 is 10.6 Å². The van der Waals surface area contributed by atoms with Gasteiger partial charge in [0.05, 0.1) is 11.8 Å². The summed E-state index contributed by atoms with van der Waals surface area (Å²) in [4.78, 5) is 24.2. The predicted octanol–water partition coefficient (Wildman–Crippen LogP) is 3.27. The first-order valence-electron chi connectivity index (χ1n) is 8.01. The molecule has 0 bridgehead atoms. The summed E-state index contributed by atoms with van der Waals surface area (Å²) in [5.74, 6) is -0.604. The van der Waals surface area contributed by atoms with E-state index in [9.17, 15) is 9.59 Å². The van der Waals surface area contributed by atoms with E-state index >= 15 is 0 Å². The van der Waals surface area contributed by atoms with E-state index in [0.29, 0.717) is 23.7 Å². The average Bonchev–Trinajstić information content (AvgIpc) is 3.39. The molecule has 2 aromatic rings. The van der Waals surface area contributed by atoms with E-state index in [1.807, 2.05) is 30.3 Å². The maximum Gasteiger partial charge on any atom is 0.228 e. The summed E-state index contributed by atoms with van der Waals surface area (Å²) in [6.07, 6.45) is 1.40. The van der Waals surface area contributed by atoms with Gasteiger partial charge in [-0.15, -0.1) is 0 Å². The van der Waals surface area contributed by atoms with Crippen molar-refractivity contribution in [2.24, 2.45) is 11.8 Å². The third-order valence-corrected chi connectivity index (χ3v) is 4.38. The molecule has 2 amide bonds. The van der Waals surface area contributed by atoms with E-state index in [2.05, 4.69) is 10.6 Å². The lowest BCUT2D eigenvalue weighted by molar-refractivity contribution is -0.125. The fourth-order valence-corrected chi connectivity index (χ4v) is 2.77. The molecule has 2 atom stereocenters. The second-order valence-corrected chi connectivity index (χ2v) is 6.41. The Morgan fingerprint density at radius 1 is 0.958 bits per heavy atom. The second kappa shape index (κ2) is 7.49. The molecule has 5 heteroatoms. The van der Waals surface area contributed by atoms with Gasteiger partial charge in [-0.2, -0.15) is 0 Å². The third-order valence-electron chi connectivity index (χ3n) is 4.13. The van der Waals surface area contributed by atoms with Crippen LogP contribution in [0.25, 0.3) is 0 Å². The van der Waals surface area contributed by atoms with Gasteiger partial charge in [0.15, 0.2) is 0 Å². The molecule has 0 spiro atoms. The number of halogens is 1. The zero-order valence-electron chi connectivity index (χ0n) is 13.2. The second-order valence-electron chi connectivity index (χ2n) is 5.97. The SMILES string of the molecule is O=C(NCCc1ccccc1)C1CC1C(=O)Nc1ccc(Cl)cc1. The van der Waals surface area contributed by atoms with Gasteiger partial charge >= 0.3 is 0 Å². The number of benzene rings is 2. The number of hydrogen-bond acceptors (Lipinski definition) is 2. The molecule has 1 saturated carbocycles. The molecular formula is C19H19ClN2O2. The number of carbonyl (C=O) groups excluding carboxylic acids is 2. The molecule has 4 nitrogen and oxygen atoms in total. The lowest BCUT2D eigenvalue weighted by atomic mass is 10.1. The smallest absolute Gasteiger partial charge is 0.228 e. The molecule has 2 aromatic carbocycles. The number of hydrogen-bond donors (Lipinski definition) is 2.